The quantitative estimate of drug-likeness (QED) is 0.496. The fourth-order valence-electron chi connectivity index (χ4n) is 4.30. The number of amides is 1. The van der Waals surface area contributed by atoms with Crippen LogP contribution in [0.1, 0.15) is 42.9 Å². The van der Waals surface area contributed by atoms with Crippen LogP contribution in [0.15, 0.2) is 60.2 Å². The molecule has 1 atom stereocenters. The number of Topliss-reactive ketones (excluding diaryl/α,β-unsaturated/α-hetero) is 1. The van der Waals surface area contributed by atoms with E-state index in [1.54, 1.807) is 36.3 Å². The van der Waals surface area contributed by atoms with Gasteiger partial charge in [0.05, 0.1) is 18.7 Å². The lowest BCUT2D eigenvalue weighted by atomic mass is 9.94. The zero-order valence-corrected chi connectivity index (χ0v) is 15.8. The van der Waals surface area contributed by atoms with Crippen molar-refractivity contribution in [1.29, 1.82) is 0 Å². The zero-order valence-electron chi connectivity index (χ0n) is 15.8. The molecule has 0 radical (unpaired) electrons. The maximum absolute atomic E-state index is 13.0. The van der Waals surface area contributed by atoms with Crippen LogP contribution in [0.4, 0.5) is 0 Å². The predicted molar refractivity (Wildman–Crippen MR) is 106 cm³/mol. The molecule has 5 nitrogen and oxygen atoms in total. The van der Waals surface area contributed by atoms with E-state index in [-0.39, 0.29) is 17.4 Å². The minimum absolute atomic E-state index is 0.0252. The average Bonchev–Trinajstić information content (AvgIpc) is 3.35. The minimum Gasteiger partial charge on any atom is -0.507 e. The highest BCUT2D eigenvalue weighted by molar-refractivity contribution is 6.46. The number of ketones is 1. The van der Waals surface area contributed by atoms with Gasteiger partial charge in [-0.05, 0) is 30.5 Å². The zero-order chi connectivity index (χ0) is 19.7. The molecule has 2 fully saturated rings. The molecule has 144 valence electrons. The molecule has 0 spiro atoms. The van der Waals surface area contributed by atoms with Crippen LogP contribution < -0.4 is 4.74 Å². The summed E-state index contributed by atoms with van der Waals surface area (Å²) in [6.07, 6.45) is 3.86. The van der Waals surface area contributed by atoms with Gasteiger partial charge in [-0.2, -0.15) is 0 Å². The van der Waals surface area contributed by atoms with Crippen molar-refractivity contribution in [2.45, 2.75) is 37.8 Å². The molecule has 1 aliphatic heterocycles. The number of carbonyl (C=O) groups is 2. The summed E-state index contributed by atoms with van der Waals surface area (Å²) in [4.78, 5) is 27.6. The van der Waals surface area contributed by atoms with Gasteiger partial charge in [-0.15, -0.1) is 0 Å². The predicted octanol–water partition coefficient (Wildman–Crippen LogP) is 4.06. The smallest absolute Gasteiger partial charge is 0.295 e. The van der Waals surface area contributed by atoms with Gasteiger partial charge in [-0.1, -0.05) is 55.3 Å². The van der Waals surface area contributed by atoms with Gasteiger partial charge in [-0.25, -0.2) is 0 Å². The number of aliphatic hydroxyl groups excluding tert-OH is 1. The van der Waals surface area contributed by atoms with Crippen molar-refractivity contribution in [2.75, 3.05) is 7.11 Å². The molecule has 1 unspecified atom stereocenters. The topological polar surface area (TPSA) is 66.8 Å². The molecule has 2 aromatic rings. The summed E-state index contributed by atoms with van der Waals surface area (Å²) in [6.45, 7) is 0. The Balaban J connectivity index is 1.88. The molecule has 0 aromatic heterocycles. The maximum Gasteiger partial charge on any atom is 0.295 e. The van der Waals surface area contributed by atoms with Gasteiger partial charge in [0.1, 0.15) is 11.5 Å². The van der Waals surface area contributed by atoms with Crippen molar-refractivity contribution in [3.8, 4) is 5.75 Å². The first-order chi connectivity index (χ1) is 13.6. The largest absolute Gasteiger partial charge is 0.507 e. The van der Waals surface area contributed by atoms with E-state index in [0.717, 1.165) is 31.2 Å². The Labute approximate surface area is 164 Å². The number of methoxy groups -OCH3 is 1. The van der Waals surface area contributed by atoms with E-state index < -0.39 is 17.7 Å². The highest BCUT2D eigenvalue weighted by atomic mass is 16.5. The van der Waals surface area contributed by atoms with Crippen LogP contribution in [-0.2, 0) is 9.59 Å². The van der Waals surface area contributed by atoms with Crippen LogP contribution in [-0.4, -0.2) is 34.8 Å². The number of benzene rings is 2. The summed E-state index contributed by atoms with van der Waals surface area (Å²) in [5.74, 6) is -0.733. The minimum atomic E-state index is -0.624. The first-order valence-electron chi connectivity index (χ1n) is 9.61. The molecule has 0 bridgehead atoms. The van der Waals surface area contributed by atoms with E-state index in [1.165, 1.54) is 0 Å². The van der Waals surface area contributed by atoms with Crippen molar-refractivity contribution in [3.05, 3.63) is 71.3 Å². The van der Waals surface area contributed by atoms with E-state index >= 15 is 0 Å². The SMILES string of the molecule is COc1cccc(/C(O)=C2/C(=O)C(=O)N(C3CCCC3)C2c2ccccc2)c1. The van der Waals surface area contributed by atoms with Gasteiger partial charge < -0.3 is 14.7 Å². The number of rotatable bonds is 4. The molecule has 5 heteroatoms. The van der Waals surface area contributed by atoms with Crippen LogP contribution >= 0.6 is 0 Å². The molecule has 2 aromatic carbocycles. The lowest BCUT2D eigenvalue weighted by Gasteiger charge is -2.30. The number of likely N-dealkylation sites (tertiary alicyclic amines) is 1. The molecule has 1 saturated heterocycles. The van der Waals surface area contributed by atoms with E-state index in [2.05, 4.69) is 0 Å². The van der Waals surface area contributed by atoms with Gasteiger partial charge in [0.25, 0.3) is 11.7 Å². The number of nitrogens with zero attached hydrogens (tertiary/aromatic N) is 1. The summed E-state index contributed by atoms with van der Waals surface area (Å²) >= 11 is 0. The van der Waals surface area contributed by atoms with Crippen molar-refractivity contribution in [1.82, 2.24) is 4.90 Å². The standard InChI is InChI=1S/C23H23NO4/c1-28-18-13-7-10-16(14-18)21(25)19-20(15-8-3-2-4-9-15)24(23(27)22(19)26)17-11-5-6-12-17/h2-4,7-10,13-14,17,20,25H,5-6,11-12H2,1H3/b21-19-. The van der Waals surface area contributed by atoms with E-state index in [0.29, 0.717) is 11.3 Å². The summed E-state index contributed by atoms with van der Waals surface area (Å²) < 4.78 is 5.23. The van der Waals surface area contributed by atoms with E-state index in [1.807, 2.05) is 30.3 Å². The van der Waals surface area contributed by atoms with Crippen LogP contribution in [0.3, 0.4) is 0 Å². The molecule has 1 heterocycles. The molecular weight excluding hydrogens is 354 g/mol. The second kappa shape index (κ2) is 7.50. The normalized spacial score (nSPS) is 22.0. The first kappa shape index (κ1) is 18.3. The molecule has 1 N–H and O–H groups in total. The third kappa shape index (κ3) is 3.07. The summed E-state index contributed by atoms with van der Waals surface area (Å²) in [5, 5.41) is 11.0. The van der Waals surface area contributed by atoms with Crippen molar-refractivity contribution >= 4 is 17.4 Å². The number of hydrogen-bond acceptors (Lipinski definition) is 4. The highest BCUT2D eigenvalue weighted by Crippen LogP contribution is 2.43. The average molecular weight is 377 g/mol. The lowest BCUT2D eigenvalue weighted by molar-refractivity contribution is -0.141. The van der Waals surface area contributed by atoms with Crippen LogP contribution in [0.2, 0.25) is 0 Å². The summed E-state index contributed by atoms with van der Waals surface area (Å²) in [6, 6.07) is 15.8. The van der Waals surface area contributed by atoms with Crippen molar-refractivity contribution in [3.63, 3.8) is 0 Å². The van der Waals surface area contributed by atoms with E-state index in [9.17, 15) is 14.7 Å². The Bertz CT molecular complexity index is 929. The van der Waals surface area contributed by atoms with E-state index in [4.69, 9.17) is 4.74 Å². The second-order valence-electron chi connectivity index (χ2n) is 7.29. The molecular formula is C23H23NO4. The Morgan fingerprint density at radius 3 is 2.43 bits per heavy atom. The van der Waals surface area contributed by atoms with Gasteiger partial charge in [0.15, 0.2) is 0 Å². The van der Waals surface area contributed by atoms with Crippen LogP contribution in [0, 0.1) is 0 Å². The number of carbonyl (C=O) groups excluding carboxylic acids is 2. The third-order valence-electron chi connectivity index (χ3n) is 5.66. The van der Waals surface area contributed by atoms with Gasteiger partial charge >= 0.3 is 0 Å². The van der Waals surface area contributed by atoms with Crippen molar-refractivity contribution < 1.29 is 19.4 Å². The van der Waals surface area contributed by atoms with Crippen molar-refractivity contribution in [2.24, 2.45) is 0 Å². The molecule has 28 heavy (non-hydrogen) atoms. The molecule has 1 amide bonds. The molecule has 1 saturated carbocycles. The Morgan fingerprint density at radius 1 is 1.04 bits per heavy atom. The Hall–Kier alpha value is -3.08. The number of ether oxygens (including phenoxy) is 1. The Kier molecular flexibility index (Phi) is 4.90. The maximum atomic E-state index is 13.0. The number of aliphatic hydroxyl groups is 1. The summed E-state index contributed by atoms with van der Waals surface area (Å²) in [5.41, 5.74) is 1.44. The fraction of sp³-hybridized carbons (Fsp3) is 0.304. The number of hydrogen-bond donors (Lipinski definition) is 1. The Morgan fingerprint density at radius 2 is 1.75 bits per heavy atom. The van der Waals surface area contributed by atoms with Gasteiger partial charge in [0, 0.05) is 11.6 Å². The fourth-order valence-corrected chi connectivity index (χ4v) is 4.30. The second-order valence-corrected chi connectivity index (χ2v) is 7.29. The third-order valence-corrected chi connectivity index (χ3v) is 5.66. The molecule has 1 aliphatic carbocycles. The highest BCUT2D eigenvalue weighted by Gasteiger charge is 2.49. The lowest BCUT2D eigenvalue weighted by Crippen LogP contribution is -2.37. The monoisotopic (exact) mass is 377 g/mol. The van der Waals surface area contributed by atoms with Crippen LogP contribution in [0.5, 0.6) is 5.75 Å². The summed E-state index contributed by atoms with van der Waals surface area (Å²) in [7, 11) is 1.54. The van der Waals surface area contributed by atoms with Gasteiger partial charge in [-0.3, -0.25) is 9.59 Å². The first-order valence-corrected chi connectivity index (χ1v) is 9.61. The van der Waals surface area contributed by atoms with Gasteiger partial charge in [0.2, 0.25) is 0 Å². The van der Waals surface area contributed by atoms with Crippen LogP contribution in [0.25, 0.3) is 5.76 Å². The molecule has 2 aliphatic rings. The molecule has 4 rings (SSSR count).